The standard InChI is InChI=1S/C25H37ClN2O5/c1-22(2,3)33-21(30)27-24(11-14-32-15-12-24)16-20(29)28-13-10-25(31,23(4,5)17-28)18-6-8-19(26)9-7-18/h6-9,31H,10-17H2,1-5H3,(H,27,30)/t25-/m0/s1. The molecule has 0 bridgehead atoms. The predicted molar refractivity (Wildman–Crippen MR) is 127 cm³/mol. The molecule has 0 spiro atoms. The maximum Gasteiger partial charge on any atom is 0.408 e. The monoisotopic (exact) mass is 480 g/mol. The fraction of sp³-hybridized carbons (Fsp3) is 0.680. The summed E-state index contributed by atoms with van der Waals surface area (Å²) in [4.78, 5) is 27.7. The summed E-state index contributed by atoms with van der Waals surface area (Å²) in [6.07, 6.45) is 1.16. The van der Waals surface area contributed by atoms with Crippen LogP contribution in [0.2, 0.25) is 5.02 Å². The highest BCUT2D eigenvalue weighted by Crippen LogP contribution is 2.46. The van der Waals surface area contributed by atoms with Gasteiger partial charge in [0.2, 0.25) is 5.91 Å². The zero-order chi connectivity index (χ0) is 24.5. The number of hydrogen-bond acceptors (Lipinski definition) is 5. The van der Waals surface area contributed by atoms with Crippen LogP contribution >= 0.6 is 11.6 Å². The third-order valence-electron chi connectivity index (χ3n) is 6.83. The first-order valence-corrected chi connectivity index (χ1v) is 12.0. The van der Waals surface area contributed by atoms with Crippen molar-refractivity contribution in [2.24, 2.45) is 5.41 Å². The van der Waals surface area contributed by atoms with Gasteiger partial charge in [-0.3, -0.25) is 4.79 Å². The third-order valence-corrected chi connectivity index (χ3v) is 7.08. The number of nitrogens with zero attached hydrogens (tertiary/aromatic N) is 1. The van der Waals surface area contributed by atoms with E-state index in [2.05, 4.69) is 5.32 Å². The number of carbonyl (C=O) groups is 2. The lowest BCUT2D eigenvalue weighted by molar-refractivity contribution is -0.155. The maximum absolute atomic E-state index is 13.4. The molecule has 1 aromatic carbocycles. The first-order chi connectivity index (χ1) is 15.3. The topological polar surface area (TPSA) is 88.1 Å². The van der Waals surface area contributed by atoms with Crippen molar-refractivity contribution in [2.75, 3.05) is 26.3 Å². The van der Waals surface area contributed by atoms with E-state index in [9.17, 15) is 14.7 Å². The quantitative estimate of drug-likeness (QED) is 0.672. The molecule has 0 radical (unpaired) electrons. The largest absolute Gasteiger partial charge is 0.444 e. The Morgan fingerprint density at radius 3 is 2.30 bits per heavy atom. The molecule has 0 aromatic heterocycles. The van der Waals surface area contributed by atoms with Crippen LogP contribution in [-0.2, 0) is 19.9 Å². The van der Waals surface area contributed by atoms with Crippen molar-refractivity contribution in [1.29, 1.82) is 0 Å². The molecule has 2 aliphatic heterocycles. The molecule has 2 aliphatic rings. The van der Waals surface area contributed by atoms with E-state index >= 15 is 0 Å². The number of aliphatic hydroxyl groups is 1. The average Bonchev–Trinajstić information content (AvgIpc) is 2.69. The fourth-order valence-electron chi connectivity index (χ4n) is 4.83. The predicted octanol–water partition coefficient (Wildman–Crippen LogP) is 4.25. The molecule has 2 saturated heterocycles. The summed E-state index contributed by atoms with van der Waals surface area (Å²) in [5.74, 6) is -0.0424. The van der Waals surface area contributed by atoms with Crippen LogP contribution in [0.4, 0.5) is 4.79 Å². The van der Waals surface area contributed by atoms with Gasteiger partial charge < -0.3 is 24.8 Å². The molecule has 2 amide bonds. The van der Waals surface area contributed by atoms with E-state index in [1.165, 1.54) is 0 Å². The Kier molecular flexibility index (Phi) is 7.37. The Balaban J connectivity index is 1.72. The van der Waals surface area contributed by atoms with Crippen LogP contribution in [0.1, 0.15) is 65.9 Å². The van der Waals surface area contributed by atoms with Crippen LogP contribution < -0.4 is 5.32 Å². The number of piperidine rings is 1. The summed E-state index contributed by atoms with van der Waals surface area (Å²) in [6, 6.07) is 7.26. The van der Waals surface area contributed by atoms with Gasteiger partial charge in [-0.05, 0) is 57.7 Å². The molecule has 2 N–H and O–H groups in total. The van der Waals surface area contributed by atoms with Crippen molar-refractivity contribution < 1.29 is 24.2 Å². The number of nitrogens with one attached hydrogen (secondary N) is 1. The van der Waals surface area contributed by atoms with Gasteiger partial charge in [-0.25, -0.2) is 4.79 Å². The van der Waals surface area contributed by atoms with Gasteiger partial charge in [-0.2, -0.15) is 0 Å². The summed E-state index contributed by atoms with van der Waals surface area (Å²) in [5.41, 5.74) is -2.17. The van der Waals surface area contributed by atoms with Crippen molar-refractivity contribution in [1.82, 2.24) is 10.2 Å². The van der Waals surface area contributed by atoms with Gasteiger partial charge in [0.1, 0.15) is 5.60 Å². The number of halogens is 1. The molecule has 0 saturated carbocycles. The minimum absolute atomic E-state index is 0.0424. The summed E-state index contributed by atoms with van der Waals surface area (Å²) >= 11 is 6.03. The lowest BCUT2D eigenvalue weighted by atomic mass is 9.66. The van der Waals surface area contributed by atoms with Gasteiger partial charge in [0, 0.05) is 36.7 Å². The maximum atomic E-state index is 13.4. The Morgan fingerprint density at radius 2 is 1.76 bits per heavy atom. The van der Waals surface area contributed by atoms with Crippen molar-refractivity contribution in [3.63, 3.8) is 0 Å². The van der Waals surface area contributed by atoms with Crippen molar-refractivity contribution >= 4 is 23.6 Å². The van der Waals surface area contributed by atoms with Crippen molar-refractivity contribution in [3.8, 4) is 0 Å². The van der Waals surface area contributed by atoms with Crippen LogP contribution in [0.25, 0.3) is 0 Å². The molecular weight excluding hydrogens is 444 g/mol. The molecule has 33 heavy (non-hydrogen) atoms. The summed E-state index contributed by atoms with van der Waals surface area (Å²) in [6.45, 7) is 11.2. The number of carbonyl (C=O) groups excluding carboxylic acids is 2. The second-order valence-corrected chi connectivity index (χ2v) is 11.4. The summed E-state index contributed by atoms with van der Waals surface area (Å²) in [5, 5.41) is 15.2. The van der Waals surface area contributed by atoms with E-state index in [0.29, 0.717) is 50.6 Å². The molecule has 8 heteroatoms. The summed E-state index contributed by atoms with van der Waals surface area (Å²) in [7, 11) is 0. The highest BCUT2D eigenvalue weighted by molar-refractivity contribution is 6.30. The minimum Gasteiger partial charge on any atom is -0.444 e. The van der Waals surface area contributed by atoms with Gasteiger partial charge in [0.25, 0.3) is 0 Å². The lowest BCUT2D eigenvalue weighted by Crippen LogP contribution is -2.59. The highest BCUT2D eigenvalue weighted by atomic mass is 35.5. The molecule has 1 atom stereocenters. The van der Waals surface area contributed by atoms with Gasteiger partial charge in [-0.1, -0.05) is 37.6 Å². The fourth-order valence-corrected chi connectivity index (χ4v) is 4.95. The number of rotatable bonds is 4. The van der Waals surface area contributed by atoms with E-state index in [1.807, 2.05) is 46.8 Å². The van der Waals surface area contributed by atoms with Crippen molar-refractivity contribution in [3.05, 3.63) is 34.9 Å². The average molecular weight is 481 g/mol. The van der Waals surface area contributed by atoms with Gasteiger partial charge >= 0.3 is 6.09 Å². The Morgan fingerprint density at radius 1 is 1.15 bits per heavy atom. The minimum atomic E-state index is -1.07. The lowest BCUT2D eigenvalue weighted by Gasteiger charge is -2.51. The van der Waals surface area contributed by atoms with E-state index < -0.39 is 28.2 Å². The molecule has 0 unspecified atom stereocenters. The van der Waals surface area contributed by atoms with Crippen LogP contribution in [0.15, 0.2) is 24.3 Å². The number of hydrogen-bond donors (Lipinski definition) is 2. The van der Waals surface area contributed by atoms with E-state index in [4.69, 9.17) is 21.1 Å². The van der Waals surface area contributed by atoms with Crippen LogP contribution in [0, 0.1) is 5.41 Å². The molecule has 2 fully saturated rings. The van der Waals surface area contributed by atoms with Crippen molar-refractivity contribution in [2.45, 2.75) is 77.0 Å². The van der Waals surface area contributed by atoms with E-state index in [-0.39, 0.29) is 12.3 Å². The first kappa shape index (κ1) is 25.8. The zero-order valence-electron chi connectivity index (χ0n) is 20.4. The highest BCUT2D eigenvalue weighted by Gasteiger charge is 2.50. The molecule has 1 aromatic rings. The first-order valence-electron chi connectivity index (χ1n) is 11.6. The Hall–Kier alpha value is -1.83. The van der Waals surface area contributed by atoms with Crippen LogP contribution in [0.3, 0.4) is 0 Å². The van der Waals surface area contributed by atoms with Crippen LogP contribution in [-0.4, -0.2) is 59.5 Å². The Bertz CT molecular complexity index is 859. The van der Waals surface area contributed by atoms with E-state index in [1.54, 1.807) is 17.0 Å². The number of alkyl carbamates (subject to hydrolysis) is 1. The molecule has 2 heterocycles. The van der Waals surface area contributed by atoms with Gasteiger partial charge in [0.05, 0.1) is 17.6 Å². The SMILES string of the molecule is CC(C)(C)OC(=O)NC1(CC(=O)N2CC[C@](O)(c3ccc(Cl)cc3)C(C)(C)C2)CCOCC1. The molecular formula is C25H37ClN2O5. The summed E-state index contributed by atoms with van der Waals surface area (Å²) < 4.78 is 10.9. The molecule has 0 aliphatic carbocycles. The van der Waals surface area contributed by atoms with E-state index in [0.717, 1.165) is 5.56 Å². The van der Waals surface area contributed by atoms with Crippen LogP contribution in [0.5, 0.6) is 0 Å². The third kappa shape index (κ3) is 6.00. The number of likely N-dealkylation sites (tertiary alicyclic amines) is 1. The zero-order valence-corrected chi connectivity index (χ0v) is 21.1. The normalized spacial score (nSPS) is 24.8. The van der Waals surface area contributed by atoms with Gasteiger partial charge in [-0.15, -0.1) is 0 Å². The molecule has 3 rings (SSSR count). The second kappa shape index (κ2) is 9.43. The number of amides is 2. The van der Waals surface area contributed by atoms with Gasteiger partial charge in [0.15, 0.2) is 0 Å². The second-order valence-electron chi connectivity index (χ2n) is 11.0. The number of benzene rings is 1. The molecule has 7 nitrogen and oxygen atoms in total. The smallest absolute Gasteiger partial charge is 0.408 e. The number of ether oxygens (including phenoxy) is 2. The Labute approximate surface area is 201 Å². The molecule has 184 valence electrons.